The number of piperazine rings is 1. The first kappa shape index (κ1) is 22.2. The number of hydrogen-bond donors (Lipinski definition) is 0. The number of ether oxygens (including phenoxy) is 1. The van der Waals surface area contributed by atoms with E-state index in [1.807, 2.05) is 18.2 Å². The molecule has 0 N–H and O–H groups in total. The Balaban J connectivity index is 1.64. The Kier molecular flexibility index (Phi) is 6.77. The third kappa shape index (κ3) is 4.49. The van der Waals surface area contributed by atoms with Crippen molar-refractivity contribution in [2.75, 3.05) is 52.3 Å². The number of halogens is 2. The molecule has 1 aromatic heterocycles. The van der Waals surface area contributed by atoms with Crippen LogP contribution in [0.2, 0.25) is 10.0 Å². The molecule has 2 heterocycles. The molecule has 0 aliphatic carbocycles. The maximum Gasteiger partial charge on any atom is 0.275 e. The third-order valence-electron chi connectivity index (χ3n) is 5.16. The number of hydrogen-bond acceptors (Lipinski definition) is 5. The van der Waals surface area contributed by atoms with Crippen molar-refractivity contribution in [1.82, 2.24) is 19.6 Å². The van der Waals surface area contributed by atoms with Crippen LogP contribution in [0.5, 0.6) is 5.75 Å². The van der Waals surface area contributed by atoms with Gasteiger partial charge in [-0.3, -0.25) is 14.3 Å². The van der Waals surface area contributed by atoms with E-state index in [-0.39, 0.29) is 29.1 Å². The first-order chi connectivity index (χ1) is 14.2. The van der Waals surface area contributed by atoms with Gasteiger partial charge in [0.2, 0.25) is 5.91 Å². The van der Waals surface area contributed by atoms with E-state index in [2.05, 4.69) is 10.00 Å². The molecule has 2 amide bonds. The number of benzene rings is 1. The van der Waals surface area contributed by atoms with E-state index in [4.69, 9.17) is 27.9 Å². The molecule has 8 nitrogen and oxygen atoms in total. The second-order valence-electron chi connectivity index (χ2n) is 7.29. The minimum Gasteiger partial charge on any atom is -0.495 e. The summed E-state index contributed by atoms with van der Waals surface area (Å²) in [6, 6.07) is 5.66. The van der Waals surface area contributed by atoms with E-state index < -0.39 is 0 Å². The van der Waals surface area contributed by atoms with Gasteiger partial charge in [0.15, 0.2) is 5.69 Å². The zero-order valence-electron chi connectivity index (χ0n) is 17.5. The standard InChI is InChI=1S/C20H25Cl2N5O3/c1-13-18(22)19(20(29)24(2)3)23-27(13)12-17(28)26-9-7-25(8-10-26)14-5-6-15(21)16(11-14)30-4/h5-6,11H,7-10,12H2,1-4H3. The molecule has 0 unspecified atom stereocenters. The van der Waals surface area contributed by atoms with Gasteiger partial charge in [-0.25, -0.2) is 0 Å². The predicted octanol–water partition coefficient (Wildman–Crippen LogP) is 2.56. The second-order valence-corrected chi connectivity index (χ2v) is 8.08. The molecule has 30 heavy (non-hydrogen) atoms. The first-order valence-corrected chi connectivity index (χ1v) is 10.3. The van der Waals surface area contributed by atoms with Crippen LogP contribution in [-0.2, 0) is 11.3 Å². The highest BCUT2D eigenvalue weighted by Crippen LogP contribution is 2.30. The SMILES string of the molecule is COc1cc(N2CCN(C(=O)Cn3nc(C(=O)N(C)C)c(Cl)c3C)CC2)ccc1Cl. The minimum absolute atomic E-state index is 0.0427. The van der Waals surface area contributed by atoms with Crippen molar-refractivity contribution < 1.29 is 14.3 Å². The number of aromatic nitrogens is 2. The fourth-order valence-corrected chi connectivity index (χ4v) is 3.72. The fourth-order valence-electron chi connectivity index (χ4n) is 3.31. The van der Waals surface area contributed by atoms with Gasteiger partial charge in [-0.15, -0.1) is 0 Å². The van der Waals surface area contributed by atoms with Gasteiger partial charge < -0.3 is 19.4 Å². The number of rotatable bonds is 5. The topological polar surface area (TPSA) is 70.9 Å². The Hall–Kier alpha value is -2.45. The van der Waals surface area contributed by atoms with Crippen LogP contribution in [0.4, 0.5) is 5.69 Å². The average Bonchev–Trinajstić information content (AvgIpc) is 3.02. The molecule has 0 radical (unpaired) electrons. The normalized spacial score (nSPS) is 14.1. The van der Waals surface area contributed by atoms with E-state index in [1.54, 1.807) is 33.0 Å². The number of methoxy groups -OCH3 is 1. The summed E-state index contributed by atoms with van der Waals surface area (Å²) in [7, 11) is 4.85. The van der Waals surface area contributed by atoms with Crippen LogP contribution >= 0.6 is 23.2 Å². The molecule has 1 aromatic carbocycles. The third-order valence-corrected chi connectivity index (χ3v) is 5.92. The maximum absolute atomic E-state index is 12.8. The summed E-state index contributed by atoms with van der Waals surface area (Å²) in [5.41, 5.74) is 1.76. The highest BCUT2D eigenvalue weighted by Gasteiger charge is 2.25. The number of carbonyl (C=O) groups is 2. The van der Waals surface area contributed by atoms with Crippen molar-refractivity contribution in [1.29, 1.82) is 0 Å². The largest absolute Gasteiger partial charge is 0.495 e. The van der Waals surface area contributed by atoms with Crippen molar-refractivity contribution in [3.05, 3.63) is 39.6 Å². The van der Waals surface area contributed by atoms with Gasteiger partial charge in [0.05, 0.1) is 22.8 Å². The Morgan fingerprint density at radius 1 is 1.17 bits per heavy atom. The zero-order chi connectivity index (χ0) is 22.0. The molecule has 1 aliphatic rings. The van der Waals surface area contributed by atoms with Crippen molar-refractivity contribution in [3.8, 4) is 5.75 Å². The van der Waals surface area contributed by atoms with Crippen LogP contribution in [0.15, 0.2) is 18.2 Å². The average molecular weight is 454 g/mol. The van der Waals surface area contributed by atoms with Crippen LogP contribution in [-0.4, -0.2) is 78.8 Å². The number of anilines is 1. The molecule has 1 saturated heterocycles. The number of amides is 2. The number of carbonyl (C=O) groups excluding carboxylic acids is 2. The molecule has 0 bridgehead atoms. The van der Waals surface area contributed by atoms with Gasteiger partial charge in [0.25, 0.3) is 5.91 Å². The minimum atomic E-state index is -0.290. The van der Waals surface area contributed by atoms with E-state index in [0.717, 1.165) is 5.69 Å². The quantitative estimate of drug-likeness (QED) is 0.695. The summed E-state index contributed by atoms with van der Waals surface area (Å²) in [5.74, 6) is 0.276. The molecular weight excluding hydrogens is 429 g/mol. The monoisotopic (exact) mass is 453 g/mol. The lowest BCUT2D eigenvalue weighted by Crippen LogP contribution is -2.49. The summed E-state index contributed by atoms with van der Waals surface area (Å²) < 4.78 is 6.78. The molecule has 1 fully saturated rings. The van der Waals surface area contributed by atoms with Gasteiger partial charge in [-0.2, -0.15) is 5.10 Å². The summed E-state index contributed by atoms with van der Waals surface area (Å²) in [4.78, 5) is 30.4. The van der Waals surface area contributed by atoms with Gasteiger partial charge in [0, 0.05) is 52.0 Å². The summed E-state index contributed by atoms with van der Waals surface area (Å²) in [5, 5.41) is 5.11. The molecule has 1 aliphatic heterocycles. The van der Waals surface area contributed by atoms with Crippen molar-refractivity contribution in [2.24, 2.45) is 0 Å². The molecule has 0 spiro atoms. The van der Waals surface area contributed by atoms with Gasteiger partial charge >= 0.3 is 0 Å². The van der Waals surface area contributed by atoms with E-state index >= 15 is 0 Å². The van der Waals surface area contributed by atoms with Crippen molar-refractivity contribution in [2.45, 2.75) is 13.5 Å². The van der Waals surface area contributed by atoms with E-state index in [0.29, 0.717) is 42.6 Å². The van der Waals surface area contributed by atoms with E-state index in [1.165, 1.54) is 9.58 Å². The first-order valence-electron chi connectivity index (χ1n) is 9.53. The molecule has 10 heteroatoms. The van der Waals surface area contributed by atoms with Crippen molar-refractivity contribution in [3.63, 3.8) is 0 Å². The molecule has 0 saturated carbocycles. The zero-order valence-corrected chi connectivity index (χ0v) is 19.0. The summed E-state index contributed by atoms with van der Waals surface area (Å²) in [6.07, 6.45) is 0. The molecule has 3 rings (SSSR count). The Morgan fingerprint density at radius 3 is 2.43 bits per heavy atom. The second kappa shape index (κ2) is 9.14. The Labute approximate surface area is 185 Å². The lowest BCUT2D eigenvalue weighted by molar-refractivity contribution is -0.132. The maximum atomic E-state index is 12.8. The highest BCUT2D eigenvalue weighted by molar-refractivity contribution is 6.34. The predicted molar refractivity (Wildman–Crippen MR) is 117 cm³/mol. The van der Waals surface area contributed by atoms with Crippen LogP contribution < -0.4 is 9.64 Å². The summed E-state index contributed by atoms with van der Waals surface area (Å²) in [6.45, 7) is 4.35. The van der Waals surface area contributed by atoms with E-state index in [9.17, 15) is 9.59 Å². The summed E-state index contributed by atoms with van der Waals surface area (Å²) >= 11 is 12.4. The Morgan fingerprint density at radius 2 is 1.83 bits per heavy atom. The molecule has 0 atom stereocenters. The molecule has 2 aromatic rings. The van der Waals surface area contributed by atoms with Crippen LogP contribution in [0.25, 0.3) is 0 Å². The Bertz CT molecular complexity index is 952. The number of nitrogens with zero attached hydrogens (tertiary/aromatic N) is 5. The smallest absolute Gasteiger partial charge is 0.275 e. The lowest BCUT2D eigenvalue weighted by atomic mass is 10.2. The van der Waals surface area contributed by atoms with Crippen LogP contribution in [0.1, 0.15) is 16.2 Å². The van der Waals surface area contributed by atoms with Gasteiger partial charge in [-0.05, 0) is 19.1 Å². The fraction of sp³-hybridized carbons (Fsp3) is 0.450. The van der Waals surface area contributed by atoms with Crippen LogP contribution in [0, 0.1) is 6.92 Å². The van der Waals surface area contributed by atoms with Gasteiger partial charge in [0.1, 0.15) is 12.3 Å². The lowest BCUT2D eigenvalue weighted by Gasteiger charge is -2.36. The van der Waals surface area contributed by atoms with Crippen molar-refractivity contribution >= 4 is 40.7 Å². The molecular formula is C20H25Cl2N5O3. The molecule has 162 valence electrons. The highest BCUT2D eigenvalue weighted by atomic mass is 35.5. The van der Waals surface area contributed by atoms with Gasteiger partial charge in [-0.1, -0.05) is 23.2 Å². The van der Waals surface area contributed by atoms with Crippen LogP contribution in [0.3, 0.4) is 0 Å².